The number of nitrogens with two attached hydrogens (primary N) is 1. The van der Waals surface area contributed by atoms with Crippen LogP contribution in [0.25, 0.3) is 0 Å². The Kier molecular flexibility index (Phi) is 4.64. The number of nitro benzene ring substituents is 1. The first-order valence-electron chi connectivity index (χ1n) is 6.45. The first-order chi connectivity index (χ1) is 9.52. The van der Waals surface area contributed by atoms with Crippen LogP contribution in [-0.4, -0.2) is 49.4 Å². The van der Waals surface area contributed by atoms with Gasteiger partial charge in [-0.25, -0.2) is 0 Å². The highest BCUT2D eigenvalue weighted by molar-refractivity contribution is 6.33. The predicted molar refractivity (Wildman–Crippen MR) is 77.4 cm³/mol. The zero-order valence-corrected chi connectivity index (χ0v) is 11.8. The highest BCUT2D eigenvalue weighted by Gasteiger charge is 2.26. The maximum absolute atomic E-state index is 11.1. The van der Waals surface area contributed by atoms with Gasteiger partial charge < -0.3 is 20.6 Å². The number of hydrogen-bond acceptors (Lipinski definition) is 5. The van der Waals surface area contributed by atoms with E-state index in [0.29, 0.717) is 31.0 Å². The van der Waals surface area contributed by atoms with Crippen LogP contribution in [0, 0.1) is 10.1 Å². The van der Waals surface area contributed by atoms with Gasteiger partial charge in [0.15, 0.2) is 0 Å². The fraction of sp³-hybridized carbons (Fsp3) is 0.500. The third kappa shape index (κ3) is 3.12. The third-order valence-corrected chi connectivity index (χ3v) is 3.89. The number of aliphatic hydroxyl groups excluding tert-OH is 1. The van der Waals surface area contributed by atoms with Crippen LogP contribution in [0.1, 0.15) is 0 Å². The Hall–Kier alpha value is -1.57. The second-order valence-electron chi connectivity index (χ2n) is 4.83. The minimum absolute atomic E-state index is 0.0187. The molecule has 0 saturated carbocycles. The summed E-state index contributed by atoms with van der Waals surface area (Å²) in [5.74, 6) is 0. The third-order valence-electron chi connectivity index (χ3n) is 3.57. The molecular formula is C12H18ClN4O3+. The SMILES string of the molecule is Nc1cc(N2CC[NH+](CCO)CC2)c([N+](=O)[O-])cc1Cl. The Bertz CT molecular complexity index is 504. The molecule has 1 aliphatic rings. The van der Waals surface area contributed by atoms with Crippen molar-refractivity contribution in [3.8, 4) is 0 Å². The molecule has 110 valence electrons. The normalized spacial score (nSPS) is 16.4. The molecule has 2 rings (SSSR count). The lowest BCUT2D eigenvalue weighted by atomic mass is 10.2. The van der Waals surface area contributed by atoms with Gasteiger partial charge >= 0.3 is 0 Å². The number of piperazine rings is 1. The molecule has 1 fully saturated rings. The quantitative estimate of drug-likeness (QED) is 0.397. The van der Waals surface area contributed by atoms with Gasteiger partial charge in [0.25, 0.3) is 5.69 Å². The molecule has 0 radical (unpaired) electrons. The van der Waals surface area contributed by atoms with Crippen molar-refractivity contribution in [2.45, 2.75) is 0 Å². The number of nitrogen functional groups attached to an aromatic ring is 1. The number of quaternary nitrogens is 1. The molecule has 0 unspecified atom stereocenters. The van der Waals surface area contributed by atoms with E-state index >= 15 is 0 Å². The van der Waals surface area contributed by atoms with E-state index < -0.39 is 4.92 Å². The van der Waals surface area contributed by atoms with E-state index in [2.05, 4.69) is 0 Å². The van der Waals surface area contributed by atoms with Gasteiger partial charge in [-0.05, 0) is 6.07 Å². The minimum Gasteiger partial charge on any atom is -0.397 e. The van der Waals surface area contributed by atoms with E-state index in [1.54, 1.807) is 6.07 Å². The zero-order chi connectivity index (χ0) is 14.7. The van der Waals surface area contributed by atoms with Gasteiger partial charge in [0.1, 0.15) is 12.2 Å². The lowest BCUT2D eigenvalue weighted by Crippen LogP contribution is -3.15. The van der Waals surface area contributed by atoms with Crippen molar-refractivity contribution < 1.29 is 14.9 Å². The Balaban J connectivity index is 2.21. The molecule has 0 aliphatic carbocycles. The van der Waals surface area contributed by atoms with Crippen molar-refractivity contribution >= 4 is 28.7 Å². The predicted octanol–water partition coefficient (Wildman–Crippen LogP) is -0.472. The largest absolute Gasteiger partial charge is 0.397 e. The Morgan fingerprint density at radius 3 is 2.65 bits per heavy atom. The summed E-state index contributed by atoms with van der Waals surface area (Å²) < 4.78 is 0. The van der Waals surface area contributed by atoms with Crippen molar-refractivity contribution in [1.29, 1.82) is 0 Å². The first kappa shape index (κ1) is 14.8. The number of nitro groups is 1. The number of nitrogens with zero attached hydrogens (tertiary/aromatic N) is 2. The van der Waals surface area contributed by atoms with Gasteiger partial charge in [0, 0.05) is 6.07 Å². The van der Waals surface area contributed by atoms with E-state index in [0.717, 1.165) is 13.1 Å². The fourth-order valence-electron chi connectivity index (χ4n) is 2.44. The van der Waals surface area contributed by atoms with Gasteiger partial charge in [-0.2, -0.15) is 0 Å². The molecule has 4 N–H and O–H groups in total. The van der Waals surface area contributed by atoms with Crippen LogP contribution in [0.2, 0.25) is 5.02 Å². The van der Waals surface area contributed by atoms with Crippen molar-refractivity contribution in [2.24, 2.45) is 0 Å². The summed E-state index contributed by atoms with van der Waals surface area (Å²) in [5, 5.41) is 20.3. The van der Waals surface area contributed by atoms with Crippen LogP contribution in [-0.2, 0) is 0 Å². The van der Waals surface area contributed by atoms with Gasteiger partial charge in [0.2, 0.25) is 0 Å². The van der Waals surface area contributed by atoms with Crippen molar-refractivity contribution in [2.75, 3.05) is 50.0 Å². The van der Waals surface area contributed by atoms with Crippen LogP contribution in [0.3, 0.4) is 0 Å². The molecule has 0 spiro atoms. The number of rotatable bonds is 4. The summed E-state index contributed by atoms with van der Waals surface area (Å²) in [5.41, 5.74) is 6.59. The molecule has 1 aliphatic heterocycles. The maximum Gasteiger partial charge on any atom is 0.294 e. The van der Waals surface area contributed by atoms with Crippen LogP contribution in [0.5, 0.6) is 0 Å². The summed E-state index contributed by atoms with van der Waals surface area (Å²) in [4.78, 5) is 13.9. The molecule has 0 atom stereocenters. The summed E-state index contributed by atoms with van der Waals surface area (Å²) in [6.07, 6.45) is 0. The number of halogens is 1. The Labute approximate surface area is 121 Å². The van der Waals surface area contributed by atoms with E-state index in [1.807, 2.05) is 4.90 Å². The van der Waals surface area contributed by atoms with Crippen molar-refractivity contribution in [1.82, 2.24) is 0 Å². The molecule has 0 bridgehead atoms. The second-order valence-corrected chi connectivity index (χ2v) is 5.24. The number of aliphatic hydroxyl groups is 1. The first-order valence-corrected chi connectivity index (χ1v) is 6.83. The summed E-state index contributed by atoms with van der Waals surface area (Å²) >= 11 is 5.85. The van der Waals surface area contributed by atoms with E-state index in [4.69, 9.17) is 22.4 Å². The summed E-state index contributed by atoms with van der Waals surface area (Å²) in [6, 6.07) is 2.87. The Morgan fingerprint density at radius 1 is 1.45 bits per heavy atom. The zero-order valence-electron chi connectivity index (χ0n) is 11.0. The van der Waals surface area contributed by atoms with E-state index in [9.17, 15) is 10.1 Å². The molecular weight excluding hydrogens is 284 g/mol. The number of benzene rings is 1. The summed E-state index contributed by atoms with van der Waals surface area (Å²) in [6.45, 7) is 3.91. The topological polar surface area (TPSA) is 97.1 Å². The molecule has 20 heavy (non-hydrogen) atoms. The lowest BCUT2D eigenvalue weighted by molar-refractivity contribution is -0.900. The monoisotopic (exact) mass is 301 g/mol. The molecule has 0 aromatic heterocycles. The van der Waals surface area contributed by atoms with Crippen LogP contribution in [0.15, 0.2) is 12.1 Å². The minimum atomic E-state index is -0.437. The molecule has 7 nitrogen and oxygen atoms in total. The van der Waals surface area contributed by atoms with Gasteiger partial charge in [-0.1, -0.05) is 11.6 Å². The maximum atomic E-state index is 11.1. The second kappa shape index (κ2) is 6.25. The number of nitrogens with one attached hydrogen (secondary N) is 1. The highest BCUT2D eigenvalue weighted by atomic mass is 35.5. The highest BCUT2D eigenvalue weighted by Crippen LogP contribution is 2.35. The molecule has 8 heteroatoms. The smallest absolute Gasteiger partial charge is 0.294 e. The van der Waals surface area contributed by atoms with Crippen molar-refractivity contribution in [3.63, 3.8) is 0 Å². The van der Waals surface area contributed by atoms with Crippen LogP contribution < -0.4 is 15.5 Å². The van der Waals surface area contributed by atoms with Crippen LogP contribution in [0.4, 0.5) is 17.1 Å². The van der Waals surface area contributed by atoms with E-state index in [1.165, 1.54) is 11.0 Å². The van der Waals surface area contributed by atoms with Gasteiger partial charge in [0.05, 0.1) is 48.4 Å². The molecule has 1 saturated heterocycles. The van der Waals surface area contributed by atoms with Gasteiger partial charge in [-0.3, -0.25) is 10.1 Å². The Morgan fingerprint density at radius 2 is 2.10 bits per heavy atom. The van der Waals surface area contributed by atoms with Crippen molar-refractivity contribution in [3.05, 3.63) is 27.3 Å². The lowest BCUT2D eigenvalue weighted by Gasteiger charge is -2.33. The van der Waals surface area contributed by atoms with E-state index in [-0.39, 0.29) is 17.3 Å². The van der Waals surface area contributed by atoms with Gasteiger partial charge in [-0.15, -0.1) is 0 Å². The number of hydrogen-bond donors (Lipinski definition) is 3. The summed E-state index contributed by atoms with van der Waals surface area (Å²) in [7, 11) is 0. The standard InChI is InChI=1S/C12H17ClN4O3/c13-9-7-12(17(19)20)11(8-10(9)14)16-3-1-15(2-4-16)5-6-18/h7-8,18H,1-6,14H2/p+1. The van der Waals surface area contributed by atoms with Crippen LogP contribution >= 0.6 is 11.6 Å². The molecule has 1 aromatic rings. The molecule has 1 heterocycles. The molecule has 1 aromatic carbocycles. The average Bonchev–Trinajstić information content (AvgIpc) is 2.42. The average molecular weight is 302 g/mol. The fourth-order valence-corrected chi connectivity index (χ4v) is 2.60. The number of anilines is 2. The molecule has 0 amide bonds.